The minimum atomic E-state index is -0.711. The quantitative estimate of drug-likeness (QED) is 0.739. The molecule has 3 heterocycles. The molecule has 3 rings (SSSR count). The van der Waals surface area contributed by atoms with E-state index in [2.05, 4.69) is 20.9 Å². The van der Waals surface area contributed by atoms with Crippen molar-refractivity contribution in [3.05, 3.63) is 23.9 Å². The molecule has 1 atom stereocenters. The van der Waals surface area contributed by atoms with Gasteiger partial charge >= 0.3 is 0 Å². The molecule has 1 aromatic rings. The van der Waals surface area contributed by atoms with Crippen molar-refractivity contribution >= 4 is 23.5 Å². The van der Waals surface area contributed by atoms with Crippen LogP contribution in [0.1, 0.15) is 43.5 Å². The molecule has 8 heteroatoms. The summed E-state index contributed by atoms with van der Waals surface area (Å²) >= 11 is 0. The van der Waals surface area contributed by atoms with Crippen LogP contribution in [0.3, 0.4) is 0 Å². The number of anilines is 1. The largest absolute Gasteiger partial charge is 0.352 e. The summed E-state index contributed by atoms with van der Waals surface area (Å²) in [7, 11) is 0. The Bertz CT molecular complexity index is 705. The molecule has 2 aliphatic heterocycles. The minimum absolute atomic E-state index is 0.0304. The number of nitrogens with one attached hydrogen (secondary N) is 3. The summed E-state index contributed by atoms with van der Waals surface area (Å²) in [5.41, 5.74) is -0.214. The van der Waals surface area contributed by atoms with Gasteiger partial charge in [-0.1, -0.05) is 0 Å². The zero-order valence-corrected chi connectivity index (χ0v) is 14.5. The van der Waals surface area contributed by atoms with Crippen molar-refractivity contribution in [1.29, 1.82) is 0 Å². The highest BCUT2D eigenvalue weighted by atomic mass is 16.2. The molecule has 1 unspecified atom stereocenters. The van der Waals surface area contributed by atoms with E-state index in [4.69, 9.17) is 0 Å². The second-order valence-corrected chi connectivity index (χ2v) is 6.85. The first kappa shape index (κ1) is 17.2. The third-order valence-corrected chi connectivity index (χ3v) is 4.47. The second-order valence-electron chi connectivity index (χ2n) is 6.85. The maximum atomic E-state index is 12.4. The van der Waals surface area contributed by atoms with Crippen molar-refractivity contribution in [3.8, 4) is 0 Å². The molecular formula is C17H23N5O3. The lowest BCUT2D eigenvalue weighted by molar-refractivity contribution is -0.135. The lowest BCUT2D eigenvalue weighted by Crippen LogP contribution is -2.58. The summed E-state index contributed by atoms with van der Waals surface area (Å²) in [6, 6.07) is 3.45. The fourth-order valence-corrected chi connectivity index (χ4v) is 3.24. The van der Waals surface area contributed by atoms with Crippen LogP contribution in [0.15, 0.2) is 18.3 Å². The summed E-state index contributed by atoms with van der Waals surface area (Å²) in [6.07, 6.45) is 2.85. The lowest BCUT2D eigenvalue weighted by atomic mass is 9.97. The highest BCUT2D eigenvalue weighted by Gasteiger charge is 2.41. The van der Waals surface area contributed by atoms with Crippen molar-refractivity contribution in [2.45, 2.75) is 44.8 Å². The number of nitrogens with zero attached hydrogens (tertiary/aromatic N) is 2. The molecule has 134 valence electrons. The first-order chi connectivity index (χ1) is 11.9. The molecule has 25 heavy (non-hydrogen) atoms. The molecule has 1 spiro atoms. The zero-order chi connectivity index (χ0) is 18.0. The van der Waals surface area contributed by atoms with Gasteiger partial charge in [-0.2, -0.15) is 0 Å². The molecule has 2 aliphatic rings. The van der Waals surface area contributed by atoms with Crippen molar-refractivity contribution in [2.75, 3.05) is 18.4 Å². The van der Waals surface area contributed by atoms with Gasteiger partial charge in [0, 0.05) is 31.6 Å². The SMILES string of the molecule is CC(C)NC(=O)CN1CCC2(CCC1=O)NC(=O)c1cccnc1N2. The lowest BCUT2D eigenvalue weighted by Gasteiger charge is -2.39. The second kappa shape index (κ2) is 6.70. The van der Waals surface area contributed by atoms with Crippen LogP contribution in [0.4, 0.5) is 5.82 Å². The average molecular weight is 345 g/mol. The summed E-state index contributed by atoms with van der Waals surface area (Å²) in [5, 5.41) is 9.07. The number of rotatable bonds is 3. The van der Waals surface area contributed by atoms with Gasteiger partial charge in [0.2, 0.25) is 11.8 Å². The minimum Gasteiger partial charge on any atom is -0.352 e. The van der Waals surface area contributed by atoms with Crippen molar-refractivity contribution < 1.29 is 14.4 Å². The van der Waals surface area contributed by atoms with Gasteiger partial charge in [0.05, 0.1) is 12.1 Å². The van der Waals surface area contributed by atoms with E-state index < -0.39 is 5.66 Å². The highest BCUT2D eigenvalue weighted by Crippen LogP contribution is 2.30. The average Bonchev–Trinajstić information content (AvgIpc) is 2.68. The van der Waals surface area contributed by atoms with Crippen LogP contribution >= 0.6 is 0 Å². The van der Waals surface area contributed by atoms with Crippen LogP contribution < -0.4 is 16.0 Å². The van der Waals surface area contributed by atoms with Crippen LogP contribution in [0, 0.1) is 0 Å². The van der Waals surface area contributed by atoms with Crippen LogP contribution in [0.2, 0.25) is 0 Å². The van der Waals surface area contributed by atoms with E-state index >= 15 is 0 Å². The molecule has 0 radical (unpaired) electrons. The molecule has 0 bridgehead atoms. The summed E-state index contributed by atoms with van der Waals surface area (Å²) < 4.78 is 0. The molecule has 1 fully saturated rings. The van der Waals surface area contributed by atoms with E-state index in [0.717, 1.165) is 0 Å². The number of carbonyl (C=O) groups excluding carboxylic acids is 3. The Morgan fingerprint density at radius 3 is 2.92 bits per heavy atom. The Morgan fingerprint density at radius 2 is 2.16 bits per heavy atom. The van der Waals surface area contributed by atoms with Gasteiger partial charge in [0.25, 0.3) is 5.91 Å². The third kappa shape index (κ3) is 3.72. The predicted molar refractivity (Wildman–Crippen MR) is 91.8 cm³/mol. The van der Waals surface area contributed by atoms with E-state index in [-0.39, 0.29) is 36.7 Å². The molecule has 3 N–H and O–H groups in total. The predicted octanol–water partition coefficient (Wildman–Crippen LogP) is 0.470. The van der Waals surface area contributed by atoms with Crippen molar-refractivity contribution in [2.24, 2.45) is 0 Å². The van der Waals surface area contributed by atoms with Crippen molar-refractivity contribution in [3.63, 3.8) is 0 Å². The van der Waals surface area contributed by atoms with E-state index in [1.807, 2.05) is 13.8 Å². The molecule has 1 aromatic heterocycles. The topological polar surface area (TPSA) is 103 Å². The van der Waals surface area contributed by atoms with Gasteiger partial charge in [-0.3, -0.25) is 14.4 Å². The van der Waals surface area contributed by atoms with E-state index in [0.29, 0.717) is 30.8 Å². The molecule has 0 saturated carbocycles. The van der Waals surface area contributed by atoms with Gasteiger partial charge in [0.1, 0.15) is 11.5 Å². The van der Waals surface area contributed by atoms with Crippen LogP contribution in [0.25, 0.3) is 0 Å². The molecule has 0 aliphatic carbocycles. The summed E-state index contributed by atoms with van der Waals surface area (Å²) in [4.78, 5) is 42.5. The van der Waals surface area contributed by atoms with Gasteiger partial charge in [-0.25, -0.2) is 4.98 Å². The maximum absolute atomic E-state index is 12.4. The van der Waals surface area contributed by atoms with Crippen molar-refractivity contribution in [1.82, 2.24) is 20.5 Å². The zero-order valence-electron chi connectivity index (χ0n) is 14.5. The van der Waals surface area contributed by atoms with E-state index in [1.165, 1.54) is 0 Å². The Morgan fingerprint density at radius 1 is 1.36 bits per heavy atom. The van der Waals surface area contributed by atoms with Crippen LogP contribution in [0.5, 0.6) is 0 Å². The first-order valence-electron chi connectivity index (χ1n) is 8.51. The Balaban J connectivity index is 1.72. The fraction of sp³-hybridized carbons (Fsp3) is 0.529. The number of hydrogen-bond acceptors (Lipinski definition) is 5. The number of aromatic nitrogens is 1. The van der Waals surface area contributed by atoms with Crippen LogP contribution in [-0.2, 0) is 9.59 Å². The first-order valence-corrected chi connectivity index (χ1v) is 8.51. The van der Waals surface area contributed by atoms with E-state index in [1.54, 1.807) is 23.2 Å². The molecule has 3 amide bonds. The third-order valence-electron chi connectivity index (χ3n) is 4.47. The van der Waals surface area contributed by atoms with E-state index in [9.17, 15) is 14.4 Å². The summed E-state index contributed by atoms with van der Waals surface area (Å²) in [6.45, 7) is 4.18. The van der Waals surface area contributed by atoms with Gasteiger partial charge in [0.15, 0.2) is 0 Å². The standard InChI is InChI=1S/C17H23N5O3/c1-11(2)19-13(23)10-22-9-7-17(6-5-14(22)24)20-15-12(16(25)21-17)4-3-8-18-15/h3-4,8,11H,5-7,9-10H2,1-2H3,(H,18,20)(H,19,23)(H,21,25). The van der Waals surface area contributed by atoms with Gasteiger partial charge in [-0.15, -0.1) is 0 Å². The molecule has 1 saturated heterocycles. The molecule has 8 nitrogen and oxygen atoms in total. The monoisotopic (exact) mass is 345 g/mol. The number of pyridine rings is 1. The Labute approximate surface area is 146 Å². The van der Waals surface area contributed by atoms with Gasteiger partial charge in [-0.05, 0) is 32.4 Å². The number of fused-ring (bicyclic) bond motifs is 1. The molecular weight excluding hydrogens is 322 g/mol. The number of likely N-dealkylation sites (tertiary alicyclic amines) is 1. The Hall–Kier alpha value is -2.64. The smallest absolute Gasteiger partial charge is 0.256 e. The Kier molecular flexibility index (Phi) is 4.61. The number of amides is 3. The van der Waals surface area contributed by atoms with Crippen LogP contribution in [-0.4, -0.2) is 52.4 Å². The normalized spacial score (nSPS) is 22.9. The highest BCUT2D eigenvalue weighted by molar-refractivity contribution is 6.01. The molecule has 0 aromatic carbocycles. The maximum Gasteiger partial charge on any atom is 0.256 e. The number of carbonyl (C=O) groups is 3. The van der Waals surface area contributed by atoms with Gasteiger partial charge < -0.3 is 20.9 Å². The summed E-state index contributed by atoms with van der Waals surface area (Å²) in [5.74, 6) is 0.0793. The number of hydrogen-bond donors (Lipinski definition) is 3. The fourth-order valence-electron chi connectivity index (χ4n) is 3.24.